The molecule has 2 fully saturated rings. The lowest BCUT2D eigenvalue weighted by atomic mass is 9.85. The van der Waals surface area contributed by atoms with E-state index < -0.39 is 5.60 Å². The average Bonchev–Trinajstić information content (AvgIpc) is 3.34. The highest BCUT2D eigenvalue weighted by Crippen LogP contribution is 2.50. The standard InChI is InChI=1S/C22H21ClN2O2/c23-18-6-15-10-24-11-19(15)20(7-18)22(27)8-16-12-25(13-17(16)9-22)21(26)14-4-2-1-3-5-14/h1-7,10,16-17,27H,8-9,11-13H2/t16-,17+,22?. The molecule has 2 aliphatic heterocycles. The van der Waals surface area contributed by atoms with Gasteiger partial charge in [0.2, 0.25) is 0 Å². The number of hydrogen-bond donors (Lipinski definition) is 1. The van der Waals surface area contributed by atoms with Gasteiger partial charge in [0, 0.05) is 29.9 Å². The zero-order valence-corrected chi connectivity index (χ0v) is 15.7. The fourth-order valence-corrected chi connectivity index (χ4v) is 5.33. The highest BCUT2D eigenvalue weighted by Gasteiger charge is 2.50. The van der Waals surface area contributed by atoms with Crippen LogP contribution in [-0.4, -0.2) is 35.2 Å². The third-order valence-electron chi connectivity index (χ3n) is 6.31. The monoisotopic (exact) mass is 380 g/mol. The molecule has 138 valence electrons. The van der Waals surface area contributed by atoms with Crippen molar-refractivity contribution >= 4 is 23.7 Å². The van der Waals surface area contributed by atoms with Crippen molar-refractivity contribution < 1.29 is 9.90 Å². The zero-order valence-electron chi connectivity index (χ0n) is 14.9. The first kappa shape index (κ1) is 17.0. The van der Waals surface area contributed by atoms with Crippen molar-refractivity contribution in [2.75, 3.05) is 13.1 Å². The van der Waals surface area contributed by atoms with Gasteiger partial charge in [-0.1, -0.05) is 29.8 Å². The van der Waals surface area contributed by atoms with E-state index >= 15 is 0 Å². The Hall–Kier alpha value is -2.17. The lowest BCUT2D eigenvalue weighted by molar-refractivity contribution is 0.0297. The highest BCUT2D eigenvalue weighted by atomic mass is 35.5. The van der Waals surface area contributed by atoms with Crippen molar-refractivity contribution in [3.63, 3.8) is 0 Å². The second-order valence-corrected chi connectivity index (χ2v) is 8.46. The van der Waals surface area contributed by atoms with Crippen LogP contribution in [0.2, 0.25) is 5.02 Å². The number of fused-ring (bicyclic) bond motifs is 2. The summed E-state index contributed by atoms with van der Waals surface area (Å²) in [5.74, 6) is 0.727. The minimum atomic E-state index is -0.875. The van der Waals surface area contributed by atoms with E-state index in [1.807, 2.05) is 53.6 Å². The maximum Gasteiger partial charge on any atom is 0.253 e. The number of rotatable bonds is 2. The first-order valence-corrected chi connectivity index (χ1v) is 9.81. The van der Waals surface area contributed by atoms with Gasteiger partial charge in [-0.05, 0) is 65.6 Å². The Morgan fingerprint density at radius 1 is 1.15 bits per heavy atom. The van der Waals surface area contributed by atoms with Crippen LogP contribution >= 0.6 is 11.6 Å². The summed E-state index contributed by atoms with van der Waals surface area (Å²) in [5, 5.41) is 12.1. The lowest BCUT2D eigenvalue weighted by Crippen LogP contribution is -2.33. The Morgan fingerprint density at radius 3 is 2.56 bits per heavy atom. The first-order valence-electron chi connectivity index (χ1n) is 9.43. The minimum Gasteiger partial charge on any atom is -0.385 e. The third kappa shape index (κ3) is 2.79. The number of carbonyl (C=O) groups is 1. The molecule has 1 aliphatic carbocycles. The second-order valence-electron chi connectivity index (χ2n) is 8.03. The average molecular weight is 381 g/mol. The van der Waals surface area contributed by atoms with Crippen LogP contribution < -0.4 is 0 Å². The number of aliphatic imine (C=N–C) groups is 1. The predicted molar refractivity (Wildman–Crippen MR) is 105 cm³/mol. The maximum atomic E-state index is 12.7. The van der Waals surface area contributed by atoms with Crippen LogP contribution in [0.3, 0.4) is 0 Å². The number of halogens is 1. The van der Waals surface area contributed by atoms with Gasteiger partial charge in [-0.3, -0.25) is 9.79 Å². The van der Waals surface area contributed by atoms with Crippen LogP contribution in [0.25, 0.3) is 0 Å². The van der Waals surface area contributed by atoms with Gasteiger partial charge >= 0.3 is 0 Å². The van der Waals surface area contributed by atoms with Crippen molar-refractivity contribution in [3.8, 4) is 0 Å². The van der Waals surface area contributed by atoms with Crippen LogP contribution in [0.1, 0.15) is 39.9 Å². The molecule has 1 saturated carbocycles. The molecule has 0 aromatic heterocycles. The number of amides is 1. The zero-order chi connectivity index (χ0) is 18.6. The summed E-state index contributed by atoms with van der Waals surface area (Å²) in [6, 6.07) is 13.3. The van der Waals surface area contributed by atoms with E-state index in [2.05, 4.69) is 4.99 Å². The topological polar surface area (TPSA) is 52.9 Å². The predicted octanol–water partition coefficient (Wildman–Crippen LogP) is 3.64. The van der Waals surface area contributed by atoms with Crippen molar-refractivity contribution in [2.45, 2.75) is 25.0 Å². The van der Waals surface area contributed by atoms with Gasteiger partial charge in [0.1, 0.15) is 0 Å². The smallest absolute Gasteiger partial charge is 0.253 e. The SMILES string of the molecule is O=C(c1ccccc1)N1C[C@@H]2CC(O)(c3cc(Cl)cc4c3CN=C4)C[C@@H]2C1. The molecule has 0 bridgehead atoms. The summed E-state index contributed by atoms with van der Waals surface area (Å²) in [5.41, 5.74) is 2.90. The molecule has 2 heterocycles. The molecule has 2 aromatic rings. The summed E-state index contributed by atoms with van der Waals surface area (Å²) >= 11 is 6.30. The maximum absolute atomic E-state index is 12.7. The minimum absolute atomic E-state index is 0.0885. The molecule has 5 rings (SSSR count). The highest BCUT2D eigenvalue weighted by molar-refractivity contribution is 6.31. The van der Waals surface area contributed by atoms with Gasteiger partial charge in [0.15, 0.2) is 0 Å². The van der Waals surface area contributed by atoms with Gasteiger partial charge in [-0.15, -0.1) is 0 Å². The molecule has 4 nitrogen and oxygen atoms in total. The van der Waals surface area contributed by atoms with Crippen molar-refractivity contribution in [1.29, 1.82) is 0 Å². The van der Waals surface area contributed by atoms with Crippen LogP contribution in [0.15, 0.2) is 47.5 Å². The Bertz CT molecular complexity index is 927. The summed E-state index contributed by atoms with van der Waals surface area (Å²) < 4.78 is 0. The number of hydrogen-bond acceptors (Lipinski definition) is 3. The third-order valence-corrected chi connectivity index (χ3v) is 6.53. The molecule has 27 heavy (non-hydrogen) atoms. The van der Waals surface area contributed by atoms with E-state index in [0.717, 1.165) is 22.3 Å². The largest absolute Gasteiger partial charge is 0.385 e. The summed E-state index contributed by atoms with van der Waals surface area (Å²) in [7, 11) is 0. The number of benzene rings is 2. The summed E-state index contributed by atoms with van der Waals surface area (Å²) in [6.07, 6.45) is 3.18. The Kier molecular flexibility index (Phi) is 3.88. The van der Waals surface area contributed by atoms with Crippen molar-refractivity contribution in [3.05, 3.63) is 69.7 Å². The quantitative estimate of drug-likeness (QED) is 0.864. The molecule has 0 spiro atoms. The fourth-order valence-electron chi connectivity index (χ4n) is 5.10. The second kappa shape index (κ2) is 6.18. The van der Waals surface area contributed by atoms with Crippen LogP contribution in [0.4, 0.5) is 0 Å². The van der Waals surface area contributed by atoms with E-state index in [1.165, 1.54) is 0 Å². The number of likely N-dealkylation sites (tertiary alicyclic amines) is 1. The first-order chi connectivity index (χ1) is 13.0. The van der Waals surface area contributed by atoms with Crippen LogP contribution in [-0.2, 0) is 12.1 Å². The van der Waals surface area contributed by atoms with Gasteiger partial charge in [-0.25, -0.2) is 0 Å². The van der Waals surface area contributed by atoms with Gasteiger partial charge in [-0.2, -0.15) is 0 Å². The molecular weight excluding hydrogens is 360 g/mol. The molecule has 3 aliphatic rings. The lowest BCUT2D eigenvalue weighted by Gasteiger charge is -2.28. The van der Waals surface area contributed by atoms with Crippen LogP contribution in [0.5, 0.6) is 0 Å². The summed E-state index contributed by atoms with van der Waals surface area (Å²) in [6.45, 7) is 2.03. The van der Waals surface area contributed by atoms with E-state index in [9.17, 15) is 9.90 Å². The molecule has 3 atom stereocenters. The molecule has 2 aromatic carbocycles. The fraction of sp³-hybridized carbons (Fsp3) is 0.364. The normalized spacial score (nSPS) is 28.4. The molecule has 1 N–H and O–H groups in total. The molecule has 1 unspecified atom stereocenters. The van der Waals surface area contributed by atoms with Crippen molar-refractivity contribution in [2.24, 2.45) is 16.8 Å². The molecule has 0 radical (unpaired) electrons. The Morgan fingerprint density at radius 2 is 1.85 bits per heavy atom. The van der Waals surface area contributed by atoms with Crippen LogP contribution in [0, 0.1) is 11.8 Å². The Labute approximate surface area is 163 Å². The number of aliphatic hydroxyl groups is 1. The Balaban J connectivity index is 1.36. The molecular formula is C22H21ClN2O2. The van der Waals surface area contributed by atoms with Crippen molar-refractivity contribution in [1.82, 2.24) is 4.90 Å². The van der Waals surface area contributed by atoms with Gasteiger partial charge in [0.25, 0.3) is 5.91 Å². The summed E-state index contributed by atoms with van der Waals surface area (Å²) in [4.78, 5) is 19.0. The molecule has 5 heteroatoms. The molecule has 1 amide bonds. The van der Waals surface area contributed by atoms with Gasteiger partial charge in [0.05, 0.1) is 12.1 Å². The van der Waals surface area contributed by atoms with E-state index in [4.69, 9.17) is 11.6 Å². The van der Waals surface area contributed by atoms with E-state index in [1.54, 1.807) is 0 Å². The van der Waals surface area contributed by atoms with E-state index in [-0.39, 0.29) is 5.91 Å². The van der Waals surface area contributed by atoms with E-state index in [0.29, 0.717) is 49.3 Å². The molecule has 1 saturated heterocycles. The van der Waals surface area contributed by atoms with Gasteiger partial charge < -0.3 is 10.0 Å². The number of carbonyl (C=O) groups excluding carboxylic acids is 1. The number of nitrogens with zero attached hydrogens (tertiary/aromatic N) is 2.